The molecule has 0 spiro atoms. The van der Waals surface area contributed by atoms with Crippen LogP contribution in [-0.4, -0.2) is 19.6 Å². The molecule has 0 amide bonds. The van der Waals surface area contributed by atoms with E-state index >= 15 is 0 Å². The molecule has 0 unspecified atom stereocenters. The van der Waals surface area contributed by atoms with Gasteiger partial charge in [-0.25, -0.2) is 0 Å². The predicted molar refractivity (Wildman–Crippen MR) is 80.2 cm³/mol. The maximum atomic E-state index is 4.38. The molecule has 0 saturated carbocycles. The molecule has 0 fully saturated rings. The molecule has 0 atom stereocenters. The number of nitrogens with one attached hydrogen (secondary N) is 1. The predicted octanol–water partition coefficient (Wildman–Crippen LogP) is 2.35. The first-order valence-electron chi connectivity index (χ1n) is 7.33. The minimum Gasteiger partial charge on any atom is -0.307 e. The van der Waals surface area contributed by atoms with Gasteiger partial charge in [-0.15, -0.1) is 0 Å². The Kier molecular flexibility index (Phi) is 4.95. The van der Waals surface area contributed by atoms with Crippen LogP contribution in [-0.2, 0) is 26.2 Å². The Morgan fingerprint density at radius 3 is 2.70 bits per heavy atom. The number of rotatable bonds is 7. The second-order valence-electron chi connectivity index (χ2n) is 5.66. The van der Waals surface area contributed by atoms with Crippen LogP contribution in [0.4, 0.5) is 0 Å². The third-order valence-corrected chi connectivity index (χ3v) is 3.32. The van der Waals surface area contributed by atoms with Crippen LogP contribution in [0, 0.1) is 12.8 Å². The van der Waals surface area contributed by atoms with Crippen LogP contribution in [0.1, 0.15) is 37.6 Å². The first-order valence-corrected chi connectivity index (χ1v) is 7.33. The SMILES string of the molecule is CCn1ncc(C)c1CNCc1cnn(CC(C)C)c1. The van der Waals surface area contributed by atoms with Gasteiger partial charge in [0.1, 0.15) is 0 Å². The lowest BCUT2D eigenvalue weighted by Gasteiger charge is -2.07. The van der Waals surface area contributed by atoms with Crippen LogP contribution in [0.3, 0.4) is 0 Å². The van der Waals surface area contributed by atoms with Crippen molar-refractivity contribution in [2.24, 2.45) is 5.92 Å². The molecule has 20 heavy (non-hydrogen) atoms. The minimum atomic E-state index is 0.622. The lowest BCUT2D eigenvalue weighted by molar-refractivity contribution is 0.482. The molecule has 2 aromatic rings. The van der Waals surface area contributed by atoms with E-state index in [-0.39, 0.29) is 0 Å². The summed E-state index contributed by atoms with van der Waals surface area (Å²) in [5.41, 5.74) is 3.74. The van der Waals surface area contributed by atoms with Crippen LogP contribution in [0.5, 0.6) is 0 Å². The highest BCUT2D eigenvalue weighted by Gasteiger charge is 2.06. The van der Waals surface area contributed by atoms with E-state index in [1.165, 1.54) is 16.8 Å². The summed E-state index contributed by atoms with van der Waals surface area (Å²) < 4.78 is 4.06. The van der Waals surface area contributed by atoms with Gasteiger partial charge in [0.2, 0.25) is 0 Å². The van der Waals surface area contributed by atoms with E-state index in [0.717, 1.165) is 26.2 Å². The number of aromatic nitrogens is 4. The fraction of sp³-hybridized carbons (Fsp3) is 0.600. The molecule has 0 aliphatic carbocycles. The van der Waals surface area contributed by atoms with E-state index in [1.807, 2.05) is 21.8 Å². The summed E-state index contributed by atoms with van der Waals surface area (Å²) in [7, 11) is 0. The van der Waals surface area contributed by atoms with E-state index in [9.17, 15) is 0 Å². The quantitative estimate of drug-likeness (QED) is 0.844. The highest BCUT2D eigenvalue weighted by atomic mass is 15.3. The van der Waals surface area contributed by atoms with Gasteiger partial charge in [-0.3, -0.25) is 9.36 Å². The second kappa shape index (κ2) is 6.70. The molecule has 110 valence electrons. The minimum absolute atomic E-state index is 0.622. The zero-order valence-corrected chi connectivity index (χ0v) is 12.9. The van der Waals surface area contributed by atoms with Crippen LogP contribution < -0.4 is 5.32 Å². The van der Waals surface area contributed by atoms with E-state index in [1.54, 1.807) is 0 Å². The summed E-state index contributed by atoms with van der Waals surface area (Å²) in [6, 6.07) is 0. The average molecular weight is 275 g/mol. The molecule has 5 heteroatoms. The molecular formula is C15H25N5. The molecule has 1 N–H and O–H groups in total. The molecule has 2 rings (SSSR count). The third kappa shape index (κ3) is 3.70. The lowest BCUT2D eigenvalue weighted by Crippen LogP contribution is -2.16. The Bertz CT molecular complexity index is 538. The second-order valence-corrected chi connectivity index (χ2v) is 5.66. The van der Waals surface area contributed by atoms with E-state index in [0.29, 0.717) is 5.92 Å². The highest BCUT2D eigenvalue weighted by Crippen LogP contribution is 2.07. The van der Waals surface area contributed by atoms with E-state index < -0.39 is 0 Å². The fourth-order valence-electron chi connectivity index (χ4n) is 2.30. The summed E-state index contributed by atoms with van der Waals surface area (Å²) in [6.07, 6.45) is 6.00. The van der Waals surface area contributed by atoms with Crippen molar-refractivity contribution in [3.63, 3.8) is 0 Å². The highest BCUT2D eigenvalue weighted by molar-refractivity contribution is 5.15. The number of hydrogen-bond acceptors (Lipinski definition) is 3. The topological polar surface area (TPSA) is 47.7 Å². The summed E-state index contributed by atoms with van der Waals surface area (Å²) >= 11 is 0. The third-order valence-electron chi connectivity index (χ3n) is 3.32. The van der Waals surface area contributed by atoms with Gasteiger partial charge in [0.05, 0.1) is 18.1 Å². The van der Waals surface area contributed by atoms with Crippen LogP contribution in [0.15, 0.2) is 18.6 Å². The van der Waals surface area contributed by atoms with Crippen molar-refractivity contribution in [3.05, 3.63) is 35.4 Å². The Hall–Kier alpha value is -1.62. The number of nitrogens with zero attached hydrogens (tertiary/aromatic N) is 4. The van der Waals surface area contributed by atoms with E-state index in [2.05, 4.69) is 49.4 Å². The Morgan fingerprint density at radius 2 is 2.00 bits per heavy atom. The van der Waals surface area contributed by atoms with Crippen LogP contribution in [0.25, 0.3) is 0 Å². The molecule has 2 aromatic heterocycles. The fourth-order valence-corrected chi connectivity index (χ4v) is 2.30. The smallest absolute Gasteiger partial charge is 0.0551 e. The summed E-state index contributed by atoms with van der Waals surface area (Å²) in [5.74, 6) is 0.622. The zero-order chi connectivity index (χ0) is 14.5. The maximum Gasteiger partial charge on any atom is 0.0551 e. The molecule has 0 aliphatic rings. The molecule has 0 saturated heterocycles. The van der Waals surface area contributed by atoms with Gasteiger partial charge in [-0.2, -0.15) is 10.2 Å². The molecule has 0 aliphatic heterocycles. The van der Waals surface area contributed by atoms with Gasteiger partial charge >= 0.3 is 0 Å². The summed E-state index contributed by atoms with van der Waals surface area (Å²) in [6.45, 7) is 12.2. The van der Waals surface area contributed by atoms with Gasteiger partial charge in [0.25, 0.3) is 0 Å². The van der Waals surface area contributed by atoms with Crippen molar-refractivity contribution in [2.75, 3.05) is 0 Å². The van der Waals surface area contributed by atoms with Crippen LogP contribution in [0.2, 0.25) is 0 Å². The largest absolute Gasteiger partial charge is 0.307 e. The molecular weight excluding hydrogens is 250 g/mol. The van der Waals surface area contributed by atoms with Gasteiger partial charge in [-0.05, 0) is 25.3 Å². The standard InChI is InChI=1S/C15H25N5/c1-5-20-15(13(4)6-18-20)9-16-7-14-8-17-19(11-14)10-12(2)3/h6,8,11-12,16H,5,7,9-10H2,1-4H3. The molecule has 2 heterocycles. The Morgan fingerprint density at radius 1 is 1.20 bits per heavy atom. The first kappa shape index (κ1) is 14.8. The molecule has 5 nitrogen and oxygen atoms in total. The molecule has 0 radical (unpaired) electrons. The van der Waals surface area contributed by atoms with Crippen molar-refractivity contribution in [3.8, 4) is 0 Å². The van der Waals surface area contributed by atoms with E-state index in [4.69, 9.17) is 0 Å². The average Bonchev–Trinajstić information content (AvgIpc) is 2.97. The Labute approximate surface area is 121 Å². The number of hydrogen-bond donors (Lipinski definition) is 1. The molecule has 0 aromatic carbocycles. The normalized spacial score (nSPS) is 11.4. The van der Waals surface area contributed by atoms with Gasteiger partial charge in [0, 0.05) is 37.9 Å². The van der Waals surface area contributed by atoms with Crippen LogP contribution >= 0.6 is 0 Å². The summed E-state index contributed by atoms with van der Waals surface area (Å²) in [4.78, 5) is 0. The monoisotopic (exact) mass is 275 g/mol. The van der Waals surface area contributed by atoms with Crippen molar-refractivity contribution >= 4 is 0 Å². The van der Waals surface area contributed by atoms with Crippen molar-refractivity contribution in [1.82, 2.24) is 24.9 Å². The van der Waals surface area contributed by atoms with Crippen molar-refractivity contribution in [1.29, 1.82) is 0 Å². The summed E-state index contributed by atoms with van der Waals surface area (Å²) in [5, 5.41) is 12.2. The Balaban J connectivity index is 1.86. The van der Waals surface area contributed by atoms with Crippen molar-refractivity contribution in [2.45, 2.75) is 53.9 Å². The molecule has 0 bridgehead atoms. The van der Waals surface area contributed by atoms with Crippen molar-refractivity contribution < 1.29 is 0 Å². The number of aryl methyl sites for hydroxylation is 2. The van der Waals surface area contributed by atoms with Gasteiger partial charge < -0.3 is 5.32 Å². The first-order chi connectivity index (χ1) is 9.60. The van der Waals surface area contributed by atoms with Gasteiger partial charge in [0.15, 0.2) is 0 Å². The maximum absolute atomic E-state index is 4.38. The lowest BCUT2D eigenvalue weighted by atomic mass is 10.2. The van der Waals surface area contributed by atoms with Gasteiger partial charge in [-0.1, -0.05) is 13.8 Å². The zero-order valence-electron chi connectivity index (χ0n) is 12.9.